The van der Waals surface area contributed by atoms with Crippen LogP contribution in [0, 0.1) is 5.92 Å². The minimum atomic E-state index is -2.24. The number of hydrogen-bond acceptors (Lipinski definition) is 2. The van der Waals surface area contributed by atoms with E-state index in [0.717, 1.165) is 6.54 Å². The fraction of sp³-hybridized carbons (Fsp3) is 1.00. The van der Waals surface area contributed by atoms with Gasteiger partial charge in [0.05, 0.1) is 6.54 Å². The predicted octanol–water partition coefficient (Wildman–Crippen LogP) is 2.09. The fourth-order valence-electron chi connectivity index (χ4n) is 2.37. The van der Waals surface area contributed by atoms with Crippen LogP contribution < -0.4 is 5.73 Å². The van der Waals surface area contributed by atoms with Gasteiger partial charge in [-0.2, -0.15) is 0 Å². The molecule has 2 nitrogen and oxygen atoms in total. The van der Waals surface area contributed by atoms with Crippen molar-refractivity contribution in [1.29, 1.82) is 0 Å². The molecule has 0 aliphatic heterocycles. The summed E-state index contributed by atoms with van der Waals surface area (Å²) >= 11 is 0. The zero-order valence-corrected chi connectivity index (χ0v) is 9.30. The monoisotopic (exact) mass is 220 g/mol. The van der Waals surface area contributed by atoms with Crippen LogP contribution in [-0.2, 0) is 0 Å². The second-order valence-electron chi connectivity index (χ2n) is 4.44. The van der Waals surface area contributed by atoms with Gasteiger partial charge in [0.2, 0.25) is 0 Å². The highest BCUT2D eigenvalue weighted by Gasteiger charge is 2.18. The molecule has 0 bridgehead atoms. The summed E-state index contributed by atoms with van der Waals surface area (Å²) in [5.41, 5.74) is 5.42. The van der Waals surface area contributed by atoms with Crippen molar-refractivity contribution in [3.63, 3.8) is 0 Å². The number of hydrogen-bond donors (Lipinski definition) is 1. The van der Waals surface area contributed by atoms with Crippen molar-refractivity contribution in [1.82, 2.24) is 4.90 Å². The second kappa shape index (κ2) is 7.12. The van der Waals surface area contributed by atoms with E-state index in [1.165, 1.54) is 32.1 Å². The number of rotatable bonds is 6. The molecule has 15 heavy (non-hydrogen) atoms. The highest BCUT2D eigenvalue weighted by molar-refractivity contribution is 4.71. The van der Waals surface area contributed by atoms with Crippen molar-refractivity contribution in [3.8, 4) is 0 Å². The summed E-state index contributed by atoms with van der Waals surface area (Å²) in [6.45, 7) is 1.76. The molecule has 0 spiro atoms. The molecule has 1 fully saturated rings. The van der Waals surface area contributed by atoms with Crippen molar-refractivity contribution >= 4 is 0 Å². The van der Waals surface area contributed by atoms with Gasteiger partial charge in [-0.1, -0.05) is 19.3 Å². The molecular weight excluding hydrogens is 198 g/mol. The van der Waals surface area contributed by atoms with Crippen molar-refractivity contribution in [2.24, 2.45) is 11.7 Å². The Labute approximate surface area is 90.8 Å². The third kappa shape index (κ3) is 5.42. The molecule has 0 aromatic carbocycles. The maximum Gasteiger partial charge on any atom is 0.251 e. The fourth-order valence-corrected chi connectivity index (χ4v) is 2.37. The van der Waals surface area contributed by atoms with Crippen LogP contribution in [-0.4, -0.2) is 37.5 Å². The zero-order chi connectivity index (χ0) is 11.1. The highest BCUT2D eigenvalue weighted by Crippen LogP contribution is 2.24. The molecule has 1 saturated carbocycles. The lowest BCUT2D eigenvalue weighted by Crippen LogP contribution is -2.37. The summed E-state index contributed by atoms with van der Waals surface area (Å²) < 4.78 is 24.6. The SMILES string of the molecule is NCCN(CC(F)F)CC1CCCCC1. The van der Waals surface area contributed by atoms with E-state index in [4.69, 9.17) is 5.73 Å². The average molecular weight is 220 g/mol. The Kier molecular flexibility index (Phi) is 6.10. The Morgan fingerprint density at radius 2 is 1.87 bits per heavy atom. The first-order valence-corrected chi connectivity index (χ1v) is 5.93. The van der Waals surface area contributed by atoms with Crippen LogP contribution in [0.1, 0.15) is 32.1 Å². The smallest absolute Gasteiger partial charge is 0.251 e. The van der Waals surface area contributed by atoms with E-state index < -0.39 is 6.43 Å². The van der Waals surface area contributed by atoms with Gasteiger partial charge in [0.1, 0.15) is 0 Å². The molecule has 0 aromatic heterocycles. The highest BCUT2D eigenvalue weighted by atomic mass is 19.3. The molecular formula is C11H22F2N2. The maximum atomic E-state index is 12.3. The molecule has 0 unspecified atom stereocenters. The summed E-state index contributed by atoms with van der Waals surface area (Å²) in [6, 6.07) is 0. The van der Waals surface area contributed by atoms with Crippen LogP contribution in [0.2, 0.25) is 0 Å². The normalized spacial score (nSPS) is 19.0. The van der Waals surface area contributed by atoms with Gasteiger partial charge in [0, 0.05) is 19.6 Å². The summed E-state index contributed by atoms with van der Waals surface area (Å²) in [7, 11) is 0. The lowest BCUT2D eigenvalue weighted by atomic mass is 9.89. The summed E-state index contributed by atoms with van der Waals surface area (Å²) in [5.74, 6) is 0.615. The third-order valence-corrected chi connectivity index (χ3v) is 3.08. The van der Waals surface area contributed by atoms with Crippen molar-refractivity contribution in [2.75, 3.05) is 26.2 Å². The average Bonchev–Trinajstić information content (AvgIpc) is 2.18. The molecule has 1 rings (SSSR count). The van der Waals surface area contributed by atoms with Gasteiger partial charge in [-0.25, -0.2) is 8.78 Å². The minimum absolute atomic E-state index is 0.117. The Hall–Kier alpha value is -0.220. The van der Waals surface area contributed by atoms with Gasteiger partial charge >= 0.3 is 0 Å². The van der Waals surface area contributed by atoms with Crippen molar-refractivity contribution in [3.05, 3.63) is 0 Å². The van der Waals surface area contributed by atoms with Crippen LogP contribution in [0.15, 0.2) is 0 Å². The third-order valence-electron chi connectivity index (χ3n) is 3.08. The van der Waals surface area contributed by atoms with Crippen molar-refractivity contribution < 1.29 is 8.78 Å². The van der Waals surface area contributed by atoms with Crippen LogP contribution in [0.3, 0.4) is 0 Å². The first kappa shape index (κ1) is 12.8. The molecule has 0 saturated heterocycles. The van der Waals surface area contributed by atoms with E-state index in [1.807, 2.05) is 4.90 Å². The van der Waals surface area contributed by atoms with Gasteiger partial charge in [0.25, 0.3) is 6.43 Å². The minimum Gasteiger partial charge on any atom is -0.329 e. The lowest BCUT2D eigenvalue weighted by Gasteiger charge is -2.29. The van der Waals surface area contributed by atoms with E-state index in [-0.39, 0.29) is 6.54 Å². The molecule has 0 heterocycles. The largest absolute Gasteiger partial charge is 0.329 e. The van der Waals surface area contributed by atoms with Gasteiger partial charge in [-0.15, -0.1) is 0 Å². The van der Waals surface area contributed by atoms with Crippen LogP contribution in [0.25, 0.3) is 0 Å². The quantitative estimate of drug-likeness (QED) is 0.742. The molecule has 90 valence electrons. The Morgan fingerprint density at radius 3 is 2.40 bits per heavy atom. The zero-order valence-electron chi connectivity index (χ0n) is 9.30. The number of nitrogens with two attached hydrogens (primary N) is 1. The Balaban J connectivity index is 2.28. The lowest BCUT2D eigenvalue weighted by molar-refractivity contribution is 0.0774. The van der Waals surface area contributed by atoms with Crippen LogP contribution >= 0.6 is 0 Å². The van der Waals surface area contributed by atoms with Crippen LogP contribution in [0.4, 0.5) is 8.78 Å². The second-order valence-corrected chi connectivity index (χ2v) is 4.44. The van der Waals surface area contributed by atoms with Crippen molar-refractivity contribution in [2.45, 2.75) is 38.5 Å². The predicted molar refractivity (Wildman–Crippen MR) is 58.1 cm³/mol. The summed E-state index contributed by atoms with van der Waals surface area (Å²) in [4.78, 5) is 1.82. The first-order valence-electron chi connectivity index (χ1n) is 5.93. The molecule has 0 radical (unpaired) electrons. The van der Waals surface area contributed by atoms with E-state index in [0.29, 0.717) is 19.0 Å². The Bertz CT molecular complexity index is 159. The number of halogens is 2. The van der Waals surface area contributed by atoms with Gasteiger partial charge < -0.3 is 5.73 Å². The van der Waals surface area contributed by atoms with E-state index >= 15 is 0 Å². The number of nitrogens with zero attached hydrogens (tertiary/aromatic N) is 1. The number of alkyl halides is 2. The standard InChI is InChI=1S/C11H22F2N2/c12-11(13)9-15(7-6-14)8-10-4-2-1-3-5-10/h10-11H,1-9,14H2. The Morgan fingerprint density at radius 1 is 1.20 bits per heavy atom. The van der Waals surface area contributed by atoms with E-state index in [2.05, 4.69) is 0 Å². The molecule has 0 atom stereocenters. The maximum absolute atomic E-state index is 12.3. The first-order chi connectivity index (χ1) is 7.22. The topological polar surface area (TPSA) is 29.3 Å². The summed E-state index contributed by atoms with van der Waals surface area (Å²) in [6.07, 6.45) is 3.99. The van der Waals surface area contributed by atoms with E-state index in [1.54, 1.807) is 0 Å². The van der Waals surface area contributed by atoms with E-state index in [9.17, 15) is 8.78 Å². The molecule has 4 heteroatoms. The molecule has 1 aliphatic carbocycles. The molecule has 0 aromatic rings. The van der Waals surface area contributed by atoms with Gasteiger partial charge in [0.15, 0.2) is 0 Å². The van der Waals surface area contributed by atoms with Gasteiger partial charge in [-0.05, 0) is 18.8 Å². The van der Waals surface area contributed by atoms with Crippen LogP contribution in [0.5, 0.6) is 0 Å². The molecule has 1 aliphatic rings. The molecule has 2 N–H and O–H groups in total. The molecule has 0 amide bonds. The van der Waals surface area contributed by atoms with Gasteiger partial charge in [-0.3, -0.25) is 4.90 Å². The summed E-state index contributed by atoms with van der Waals surface area (Å²) in [5, 5.41) is 0.